The molecule has 2 aromatic rings. The van der Waals surface area contributed by atoms with E-state index in [4.69, 9.17) is 14.7 Å². The van der Waals surface area contributed by atoms with Crippen molar-refractivity contribution in [1.82, 2.24) is 4.98 Å². The van der Waals surface area contributed by atoms with Crippen LogP contribution in [0, 0.1) is 30.4 Å². The first-order valence-electron chi connectivity index (χ1n) is 6.18. The molecule has 0 radical (unpaired) electrons. The van der Waals surface area contributed by atoms with Crippen molar-refractivity contribution in [3.63, 3.8) is 0 Å². The molecule has 0 aliphatic rings. The van der Waals surface area contributed by atoms with Crippen LogP contribution < -0.4 is 14.2 Å². The molecule has 0 aliphatic carbocycles. The Hall–Kier alpha value is -2.81. The summed E-state index contributed by atoms with van der Waals surface area (Å²) in [5, 5.41) is 19.3. The van der Waals surface area contributed by atoms with Crippen LogP contribution in [0.1, 0.15) is 17.1 Å². The minimum atomic E-state index is 0.420. The van der Waals surface area contributed by atoms with Crippen LogP contribution in [-0.4, -0.2) is 19.2 Å². The van der Waals surface area contributed by atoms with Crippen LogP contribution in [0.2, 0.25) is 0 Å². The molecule has 0 fully saturated rings. The molecule has 21 heavy (non-hydrogen) atoms. The summed E-state index contributed by atoms with van der Waals surface area (Å²) in [4.78, 5) is 3.98. The molecule has 2 aromatic heterocycles. The van der Waals surface area contributed by atoms with Gasteiger partial charge in [0, 0.05) is 13.0 Å². The summed E-state index contributed by atoms with van der Waals surface area (Å²) in [5.74, 6) is 1.33. The largest absolute Gasteiger partial charge is 0.618 e. The summed E-state index contributed by atoms with van der Waals surface area (Å²) in [6, 6.07) is 8.73. The van der Waals surface area contributed by atoms with Crippen LogP contribution in [0.25, 0.3) is 0 Å². The van der Waals surface area contributed by atoms with Gasteiger partial charge < -0.3 is 14.7 Å². The van der Waals surface area contributed by atoms with E-state index in [-0.39, 0.29) is 0 Å². The van der Waals surface area contributed by atoms with Crippen LogP contribution in [0.4, 0.5) is 0 Å². The van der Waals surface area contributed by atoms with Gasteiger partial charge in [0.25, 0.3) is 0 Å². The van der Waals surface area contributed by atoms with Crippen LogP contribution in [-0.2, 0) is 0 Å². The van der Waals surface area contributed by atoms with Crippen molar-refractivity contribution in [2.24, 2.45) is 0 Å². The van der Waals surface area contributed by atoms with Gasteiger partial charge in [-0.3, -0.25) is 0 Å². The third-order valence-electron chi connectivity index (χ3n) is 2.75. The van der Waals surface area contributed by atoms with Crippen molar-refractivity contribution in [2.75, 3.05) is 14.2 Å². The molecule has 0 amide bonds. The molecule has 6 nitrogen and oxygen atoms in total. The van der Waals surface area contributed by atoms with Crippen LogP contribution in [0.15, 0.2) is 30.5 Å². The van der Waals surface area contributed by atoms with E-state index in [1.807, 2.05) is 6.07 Å². The minimum absolute atomic E-state index is 0.420. The van der Waals surface area contributed by atoms with E-state index in [1.165, 1.54) is 6.20 Å². The van der Waals surface area contributed by atoms with E-state index in [9.17, 15) is 5.21 Å². The fourth-order valence-electron chi connectivity index (χ4n) is 1.59. The van der Waals surface area contributed by atoms with Crippen LogP contribution in [0.3, 0.4) is 0 Å². The molecule has 0 aliphatic heterocycles. The first-order chi connectivity index (χ1) is 10.0. The smallest absolute Gasteiger partial charge is 0.231 e. The maximum absolute atomic E-state index is 10.8. The van der Waals surface area contributed by atoms with E-state index in [0.29, 0.717) is 22.9 Å². The first-order valence-corrected chi connectivity index (χ1v) is 6.18. The highest BCUT2D eigenvalue weighted by Gasteiger charge is 2.04. The lowest BCUT2D eigenvalue weighted by molar-refractivity contribution is -0.612. The van der Waals surface area contributed by atoms with Gasteiger partial charge in [0.15, 0.2) is 11.9 Å². The number of ether oxygens (including phenoxy) is 2. The standard InChI is InChI=1S/C8H8N2O.C7H9NO2/c1-6-8(11-2)4-3-7(5-9)10-6;1-6-7(10-2)4-3-5-8(6)9/h3-4H,1-2H3;3-5H,1-2H3. The second kappa shape index (κ2) is 7.70. The number of pyridine rings is 2. The number of nitrogens with zero attached hydrogens (tertiary/aromatic N) is 3. The number of hydrogen-bond acceptors (Lipinski definition) is 5. The highest BCUT2D eigenvalue weighted by atomic mass is 16.5. The van der Waals surface area contributed by atoms with Gasteiger partial charge in [-0.1, -0.05) is 0 Å². The van der Waals surface area contributed by atoms with Gasteiger partial charge >= 0.3 is 0 Å². The molecular weight excluding hydrogens is 270 g/mol. The number of methoxy groups -OCH3 is 2. The predicted molar refractivity (Wildman–Crippen MR) is 76.9 cm³/mol. The van der Waals surface area contributed by atoms with E-state index >= 15 is 0 Å². The Morgan fingerprint density at radius 2 is 1.81 bits per heavy atom. The van der Waals surface area contributed by atoms with Crippen molar-refractivity contribution >= 4 is 0 Å². The third kappa shape index (κ3) is 4.35. The zero-order valence-electron chi connectivity index (χ0n) is 12.5. The second-order valence-electron chi connectivity index (χ2n) is 4.08. The Kier molecular flexibility index (Phi) is 5.96. The van der Waals surface area contributed by atoms with Gasteiger partial charge in [-0.15, -0.1) is 0 Å². The molecule has 0 spiro atoms. The summed E-state index contributed by atoms with van der Waals surface area (Å²) in [7, 11) is 3.12. The topological polar surface area (TPSA) is 82.1 Å². The van der Waals surface area contributed by atoms with Crippen molar-refractivity contribution < 1.29 is 14.2 Å². The molecule has 0 bridgehead atoms. The average Bonchev–Trinajstić information content (AvgIpc) is 2.50. The Morgan fingerprint density at radius 3 is 2.29 bits per heavy atom. The lowest BCUT2D eigenvalue weighted by atomic mass is 10.3. The van der Waals surface area contributed by atoms with Crippen molar-refractivity contribution in [2.45, 2.75) is 13.8 Å². The zero-order valence-corrected chi connectivity index (χ0v) is 12.5. The highest BCUT2D eigenvalue weighted by Crippen LogP contribution is 2.14. The number of hydrogen-bond donors (Lipinski definition) is 0. The lowest BCUT2D eigenvalue weighted by Crippen LogP contribution is -2.29. The molecule has 110 valence electrons. The van der Waals surface area contributed by atoms with Gasteiger partial charge in [0.1, 0.15) is 17.5 Å². The summed E-state index contributed by atoms with van der Waals surface area (Å²) < 4.78 is 10.7. The minimum Gasteiger partial charge on any atom is -0.618 e. The zero-order chi connectivity index (χ0) is 15.8. The molecule has 0 aromatic carbocycles. The molecule has 0 unspecified atom stereocenters. The lowest BCUT2D eigenvalue weighted by Gasteiger charge is -2.03. The van der Waals surface area contributed by atoms with Gasteiger partial charge in [0.05, 0.1) is 19.9 Å². The van der Waals surface area contributed by atoms with Gasteiger partial charge in [-0.25, -0.2) is 4.98 Å². The number of rotatable bonds is 2. The van der Waals surface area contributed by atoms with Gasteiger partial charge in [-0.05, 0) is 25.1 Å². The average molecular weight is 287 g/mol. The van der Waals surface area contributed by atoms with Crippen molar-refractivity contribution in [3.05, 3.63) is 52.8 Å². The van der Waals surface area contributed by atoms with E-state index in [2.05, 4.69) is 4.98 Å². The molecule has 0 saturated carbocycles. The maximum Gasteiger partial charge on any atom is 0.231 e. The van der Waals surface area contributed by atoms with Crippen molar-refractivity contribution in [1.29, 1.82) is 5.26 Å². The van der Waals surface area contributed by atoms with Crippen LogP contribution >= 0.6 is 0 Å². The Morgan fingerprint density at radius 1 is 1.14 bits per heavy atom. The fraction of sp³-hybridized carbons (Fsp3) is 0.267. The SMILES string of the molecule is COc1ccc(C#N)nc1C.COc1ccc[n+]([O-])c1C. The Bertz CT molecular complexity index is 651. The highest BCUT2D eigenvalue weighted by molar-refractivity contribution is 5.32. The second-order valence-corrected chi connectivity index (χ2v) is 4.08. The van der Waals surface area contributed by atoms with Crippen molar-refractivity contribution in [3.8, 4) is 17.6 Å². The molecular formula is C15H17N3O3. The monoisotopic (exact) mass is 287 g/mol. The fourth-order valence-corrected chi connectivity index (χ4v) is 1.59. The Labute approximate surface area is 123 Å². The van der Waals surface area contributed by atoms with E-state index in [0.717, 1.165) is 10.4 Å². The molecule has 2 rings (SSSR count). The third-order valence-corrected chi connectivity index (χ3v) is 2.75. The number of aryl methyl sites for hydroxylation is 1. The summed E-state index contributed by atoms with van der Waals surface area (Å²) >= 11 is 0. The summed E-state index contributed by atoms with van der Waals surface area (Å²) in [6.45, 7) is 3.52. The predicted octanol–water partition coefficient (Wildman–Crippen LogP) is 1.91. The number of nitriles is 1. The maximum atomic E-state index is 10.8. The van der Waals surface area contributed by atoms with Crippen LogP contribution in [0.5, 0.6) is 11.5 Å². The molecule has 0 saturated heterocycles. The van der Waals surface area contributed by atoms with E-state index in [1.54, 1.807) is 52.3 Å². The summed E-state index contributed by atoms with van der Waals surface area (Å²) in [5.41, 5.74) is 1.75. The molecule has 2 heterocycles. The molecule has 0 atom stereocenters. The molecule has 0 N–H and O–H groups in total. The first kappa shape index (κ1) is 16.2. The normalized spacial score (nSPS) is 9.10. The van der Waals surface area contributed by atoms with Gasteiger partial charge in [0.2, 0.25) is 5.69 Å². The summed E-state index contributed by atoms with van der Waals surface area (Å²) in [6.07, 6.45) is 1.44. The number of aromatic nitrogens is 2. The Balaban J connectivity index is 0.000000211. The quantitative estimate of drug-likeness (QED) is 0.622. The van der Waals surface area contributed by atoms with Gasteiger partial charge in [-0.2, -0.15) is 9.99 Å². The van der Waals surface area contributed by atoms with E-state index < -0.39 is 0 Å². The molecule has 6 heteroatoms.